The average Bonchev–Trinajstić information content (AvgIpc) is 3.26. The summed E-state index contributed by atoms with van der Waals surface area (Å²) in [4.78, 5) is 17.2. The molecule has 0 aliphatic rings. The maximum Gasteiger partial charge on any atom is 0.261 e. The van der Waals surface area contributed by atoms with Crippen molar-refractivity contribution in [2.24, 2.45) is 0 Å². The second-order valence-corrected chi connectivity index (χ2v) is 7.90. The second-order valence-electron chi connectivity index (χ2n) is 6.96. The summed E-state index contributed by atoms with van der Waals surface area (Å²) in [7, 11) is 0. The van der Waals surface area contributed by atoms with Crippen molar-refractivity contribution in [1.82, 2.24) is 15.5 Å². The SMILES string of the molecule is CC(NC(=O)c1cccs1)c1nc(-c2ccc(C(C)(C)C)cc2)no1. The van der Waals surface area contributed by atoms with Gasteiger partial charge in [-0.15, -0.1) is 11.3 Å². The van der Waals surface area contributed by atoms with Gasteiger partial charge >= 0.3 is 0 Å². The van der Waals surface area contributed by atoms with Crippen LogP contribution in [0.2, 0.25) is 0 Å². The zero-order chi connectivity index (χ0) is 18.0. The van der Waals surface area contributed by atoms with E-state index in [-0.39, 0.29) is 17.4 Å². The minimum absolute atomic E-state index is 0.0987. The van der Waals surface area contributed by atoms with Crippen molar-refractivity contribution in [2.75, 3.05) is 0 Å². The van der Waals surface area contributed by atoms with Crippen LogP contribution in [0.5, 0.6) is 0 Å². The molecule has 0 saturated heterocycles. The van der Waals surface area contributed by atoms with E-state index >= 15 is 0 Å². The summed E-state index contributed by atoms with van der Waals surface area (Å²) in [6, 6.07) is 11.4. The number of rotatable bonds is 4. The van der Waals surface area contributed by atoms with Gasteiger partial charge < -0.3 is 9.84 Å². The van der Waals surface area contributed by atoms with Crippen molar-refractivity contribution < 1.29 is 9.32 Å². The van der Waals surface area contributed by atoms with Crippen molar-refractivity contribution in [3.8, 4) is 11.4 Å². The first-order valence-corrected chi connectivity index (χ1v) is 9.01. The molecule has 1 aromatic carbocycles. The van der Waals surface area contributed by atoms with Crippen molar-refractivity contribution in [3.63, 3.8) is 0 Å². The highest BCUT2D eigenvalue weighted by molar-refractivity contribution is 7.12. The third-order valence-electron chi connectivity index (χ3n) is 3.91. The van der Waals surface area contributed by atoms with Gasteiger partial charge in [-0.3, -0.25) is 4.79 Å². The Hall–Kier alpha value is -2.47. The van der Waals surface area contributed by atoms with E-state index in [4.69, 9.17) is 4.52 Å². The molecule has 0 aliphatic carbocycles. The molecule has 25 heavy (non-hydrogen) atoms. The number of thiophene rings is 1. The van der Waals surface area contributed by atoms with E-state index in [1.54, 1.807) is 6.07 Å². The van der Waals surface area contributed by atoms with Crippen LogP contribution in [0.15, 0.2) is 46.3 Å². The zero-order valence-corrected chi connectivity index (χ0v) is 15.6. The van der Waals surface area contributed by atoms with Gasteiger partial charge in [0.05, 0.1) is 4.88 Å². The lowest BCUT2D eigenvalue weighted by molar-refractivity contribution is 0.0936. The number of amides is 1. The van der Waals surface area contributed by atoms with Gasteiger partial charge in [0.2, 0.25) is 11.7 Å². The van der Waals surface area contributed by atoms with Gasteiger partial charge in [-0.25, -0.2) is 0 Å². The summed E-state index contributed by atoms with van der Waals surface area (Å²) < 4.78 is 5.32. The summed E-state index contributed by atoms with van der Waals surface area (Å²) in [6.07, 6.45) is 0. The zero-order valence-electron chi connectivity index (χ0n) is 14.7. The van der Waals surface area contributed by atoms with Crippen LogP contribution in [-0.4, -0.2) is 16.0 Å². The van der Waals surface area contributed by atoms with Gasteiger partial charge in [0.25, 0.3) is 5.91 Å². The molecule has 1 N–H and O–H groups in total. The van der Waals surface area contributed by atoms with Gasteiger partial charge in [-0.1, -0.05) is 56.3 Å². The molecule has 130 valence electrons. The Kier molecular flexibility index (Phi) is 4.72. The lowest BCUT2D eigenvalue weighted by Gasteiger charge is -2.18. The summed E-state index contributed by atoms with van der Waals surface area (Å²) in [5.74, 6) is 0.768. The van der Waals surface area contributed by atoms with Gasteiger partial charge in [-0.2, -0.15) is 4.98 Å². The molecule has 0 spiro atoms. The fourth-order valence-electron chi connectivity index (χ4n) is 2.38. The number of hydrogen-bond donors (Lipinski definition) is 1. The van der Waals surface area contributed by atoms with Crippen LogP contribution in [0.4, 0.5) is 0 Å². The van der Waals surface area contributed by atoms with Crippen molar-refractivity contribution >= 4 is 17.2 Å². The number of nitrogens with one attached hydrogen (secondary N) is 1. The molecule has 3 aromatic rings. The first-order valence-electron chi connectivity index (χ1n) is 8.13. The average molecular weight is 355 g/mol. The molecular formula is C19H21N3O2S. The normalized spacial score (nSPS) is 12.8. The van der Waals surface area contributed by atoms with E-state index in [2.05, 4.69) is 48.4 Å². The van der Waals surface area contributed by atoms with Crippen LogP contribution in [-0.2, 0) is 5.41 Å². The first kappa shape index (κ1) is 17.4. The van der Waals surface area contributed by atoms with E-state index in [1.807, 2.05) is 30.5 Å². The van der Waals surface area contributed by atoms with Crippen LogP contribution in [0.25, 0.3) is 11.4 Å². The minimum Gasteiger partial charge on any atom is -0.340 e. The number of carbonyl (C=O) groups is 1. The molecule has 0 saturated carbocycles. The van der Waals surface area contributed by atoms with E-state index in [0.717, 1.165) is 5.56 Å². The minimum atomic E-state index is -0.357. The third-order valence-corrected chi connectivity index (χ3v) is 4.78. The topological polar surface area (TPSA) is 68.0 Å². The number of benzene rings is 1. The van der Waals surface area contributed by atoms with Gasteiger partial charge in [0, 0.05) is 5.56 Å². The molecule has 0 fully saturated rings. The highest BCUT2D eigenvalue weighted by Gasteiger charge is 2.19. The van der Waals surface area contributed by atoms with Crippen LogP contribution in [0.3, 0.4) is 0 Å². The largest absolute Gasteiger partial charge is 0.340 e. The first-order chi connectivity index (χ1) is 11.8. The molecule has 5 nitrogen and oxygen atoms in total. The summed E-state index contributed by atoms with van der Waals surface area (Å²) in [5, 5.41) is 8.77. The Morgan fingerprint density at radius 3 is 2.52 bits per heavy atom. The monoisotopic (exact) mass is 355 g/mol. The van der Waals surface area contributed by atoms with E-state index in [1.165, 1.54) is 16.9 Å². The maximum atomic E-state index is 12.1. The molecule has 1 atom stereocenters. The Balaban J connectivity index is 1.72. The molecule has 2 aromatic heterocycles. The summed E-state index contributed by atoms with van der Waals surface area (Å²) in [5.41, 5.74) is 2.23. The van der Waals surface area contributed by atoms with E-state index in [9.17, 15) is 4.79 Å². The van der Waals surface area contributed by atoms with E-state index in [0.29, 0.717) is 16.6 Å². The van der Waals surface area contributed by atoms with E-state index < -0.39 is 0 Å². The number of nitrogens with zero attached hydrogens (tertiary/aromatic N) is 2. The predicted molar refractivity (Wildman–Crippen MR) is 98.6 cm³/mol. The molecule has 0 aliphatic heterocycles. The Bertz CT molecular complexity index is 846. The van der Waals surface area contributed by atoms with Crippen LogP contribution in [0.1, 0.15) is 54.9 Å². The van der Waals surface area contributed by atoms with Crippen LogP contribution in [0, 0.1) is 0 Å². The van der Waals surface area contributed by atoms with Gasteiger partial charge in [0.15, 0.2) is 0 Å². The quantitative estimate of drug-likeness (QED) is 0.743. The Morgan fingerprint density at radius 1 is 1.20 bits per heavy atom. The lowest BCUT2D eigenvalue weighted by Crippen LogP contribution is -2.26. The fraction of sp³-hybridized carbons (Fsp3) is 0.316. The van der Waals surface area contributed by atoms with Crippen molar-refractivity contribution in [1.29, 1.82) is 0 Å². The van der Waals surface area contributed by atoms with Crippen molar-refractivity contribution in [2.45, 2.75) is 39.2 Å². The maximum absolute atomic E-state index is 12.1. The van der Waals surface area contributed by atoms with Gasteiger partial charge in [-0.05, 0) is 29.3 Å². The Morgan fingerprint density at radius 2 is 1.92 bits per heavy atom. The number of aromatic nitrogens is 2. The molecule has 1 unspecified atom stereocenters. The summed E-state index contributed by atoms with van der Waals surface area (Å²) in [6.45, 7) is 8.34. The molecular weight excluding hydrogens is 334 g/mol. The summed E-state index contributed by atoms with van der Waals surface area (Å²) >= 11 is 1.39. The van der Waals surface area contributed by atoms with Crippen LogP contribution >= 0.6 is 11.3 Å². The molecule has 2 heterocycles. The number of carbonyl (C=O) groups excluding carboxylic acids is 1. The molecule has 3 rings (SSSR count). The number of hydrogen-bond acceptors (Lipinski definition) is 5. The van der Waals surface area contributed by atoms with Gasteiger partial charge in [0.1, 0.15) is 6.04 Å². The molecule has 1 amide bonds. The Labute approximate surface area is 151 Å². The van der Waals surface area contributed by atoms with Crippen molar-refractivity contribution in [3.05, 3.63) is 58.1 Å². The standard InChI is InChI=1S/C19H21N3O2S/c1-12(20-17(23)15-6-5-11-25-15)18-21-16(22-24-18)13-7-9-14(10-8-13)19(2,3)4/h5-12H,1-4H3,(H,20,23). The third kappa shape index (κ3) is 3.96. The molecule has 0 bridgehead atoms. The van der Waals surface area contributed by atoms with Crippen LogP contribution < -0.4 is 5.32 Å². The fourth-order valence-corrected chi connectivity index (χ4v) is 3.01. The smallest absolute Gasteiger partial charge is 0.261 e. The second kappa shape index (κ2) is 6.80. The molecule has 6 heteroatoms. The predicted octanol–water partition coefficient (Wildman–Crippen LogP) is 4.59. The highest BCUT2D eigenvalue weighted by atomic mass is 32.1. The highest BCUT2D eigenvalue weighted by Crippen LogP contribution is 2.25. The lowest BCUT2D eigenvalue weighted by atomic mass is 9.87. The molecule has 0 radical (unpaired) electrons.